The van der Waals surface area contributed by atoms with E-state index in [9.17, 15) is 9.50 Å². The van der Waals surface area contributed by atoms with E-state index in [1.165, 1.54) is 11.8 Å². The molecule has 2 fully saturated rings. The zero-order valence-electron chi connectivity index (χ0n) is 9.91. The summed E-state index contributed by atoms with van der Waals surface area (Å²) >= 11 is 1.43. The number of amidine groups is 1. The van der Waals surface area contributed by atoms with Gasteiger partial charge in [0.2, 0.25) is 0 Å². The molecule has 0 saturated carbocycles. The Hall–Kier alpha value is -0.370. The van der Waals surface area contributed by atoms with Gasteiger partial charge in [0.05, 0.1) is 6.10 Å². The summed E-state index contributed by atoms with van der Waals surface area (Å²) in [6.45, 7) is 1.81. The van der Waals surface area contributed by atoms with E-state index in [0.29, 0.717) is 0 Å². The fraction of sp³-hybridized carbons (Fsp3) is 0.909. The summed E-state index contributed by atoms with van der Waals surface area (Å²) < 4.78 is 19.8. The molecule has 0 bridgehead atoms. The van der Waals surface area contributed by atoms with Crippen molar-refractivity contribution in [1.29, 1.82) is 0 Å². The van der Waals surface area contributed by atoms with Gasteiger partial charge in [-0.05, 0) is 12.8 Å². The van der Waals surface area contributed by atoms with Crippen molar-refractivity contribution >= 4 is 16.9 Å². The normalized spacial score (nSPS) is 43.4. The maximum absolute atomic E-state index is 14.1. The Kier molecular flexibility index (Phi) is 3.48. The first-order valence-corrected chi connectivity index (χ1v) is 7.16. The van der Waals surface area contributed by atoms with Gasteiger partial charge in [-0.15, -0.1) is 0 Å². The second kappa shape index (κ2) is 4.96. The maximum atomic E-state index is 14.1. The molecule has 0 radical (unpaired) electrons. The Morgan fingerprint density at radius 2 is 2.28 bits per heavy atom. The largest absolute Gasteiger partial charge is 0.396 e. The van der Waals surface area contributed by atoms with Crippen LogP contribution in [0, 0.1) is 0 Å². The lowest BCUT2D eigenvalue weighted by Gasteiger charge is -2.37. The zero-order chi connectivity index (χ0) is 12.7. The molecule has 3 rings (SSSR count). The van der Waals surface area contributed by atoms with E-state index in [2.05, 4.69) is 9.89 Å². The number of halogens is 1. The third kappa shape index (κ3) is 2.03. The third-order valence-electron chi connectivity index (χ3n) is 3.64. The van der Waals surface area contributed by atoms with Crippen LogP contribution in [-0.4, -0.2) is 69.8 Å². The number of rotatable bonds is 2. The molecule has 0 aromatic rings. The molecule has 0 amide bonds. The van der Waals surface area contributed by atoms with Gasteiger partial charge in [0.25, 0.3) is 0 Å². The molecule has 5 nitrogen and oxygen atoms in total. The van der Waals surface area contributed by atoms with E-state index < -0.39 is 24.4 Å². The van der Waals surface area contributed by atoms with Gasteiger partial charge in [-0.1, -0.05) is 11.8 Å². The lowest BCUT2D eigenvalue weighted by molar-refractivity contribution is -0.136. The molecule has 0 spiro atoms. The average molecular weight is 276 g/mol. The first kappa shape index (κ1) is 12.7. The lowest BCUT2D eigenvalue weighted by atomic mass is 9.98. The minimum absolute atomic E-state index is 0.115. The van der Waals surface area contributed by atoms with E-state index in [1.54, 1.807) is 0 Å². The fourth-order valence-electron chi connectivity index (χ4n) is 2.41. The smallest absolute Gasteiger partial charge is 0.162 e. The zero-order valence-corrected chi connectivity index (χ0v) is 10.7. The molecule has 2 N–H and O–H groups in total. The van der Waals surface area contributed by atoms with Crippen LogP contribution in [0.15, 0.2) is 4.99 Å². The Morgan fingerprint density at radius 1 is 1.50 bits per heavy atom. The Bertz CT molecular complexity index is 353. The van der Waals surface area contributed by atoms with Crippen LogP contribution in [0.2, 0.25) is 0 Å². The molecule has 0 aromatic heterocycles. The first-order valence-electron chi connectivity index (χ1n) is 6.28. The number of thioether (sulfide) groups is 1. The second-order valence-corrected chi connectivity index (χ2v) is 5.92. The molecule has 3 aliphatic heterocycles. The van der Waals surface area contributed by atoms with Crippen LogP contribution in [0.4, 0.5) is 4.39 Å². The van der Waals surface area contributed by atoms with E-state index in [4.69, 9.17) is 9.84 Å². The van der Waals surface area contributed by atoms with Gasteiger partial charge in [-0.3, -0.25) is 4.99 Å². The van der Waals surface area contributed by atoms with Crippen LogP contribution in [0.25, 0.3) is 0 Å². The second-order valence-electron chi connectivity index (χ2n) is 4.85. The third-order valence-corrected chi connectivity index (χ3v) is 4.84. The SMILES string of the molecule is OCC[C@H]1O[C@@H]2SC(N3CCC3)=N[C@@H]2[C@H](F)[C@@H]1O. The number of fused-ring (bicyclic) bond motifs is 1. The Morgan fingerprint density at radius 3 is 2.89 bits per heavy atom. The summed E-state index contributed by atoms with van der Waals surface area (Å²) in [4.78, 5) is 6.44. The van der Waals surface area contributed by atoms with Gasteiger partial charge in [-0.25, -0.2) is 4.39 Å². The number of nitrogens with zero attached hydrogens (tertiary/aromatic N) is 2. The van der Waals surface area contributed by atoms with E-state index in [0.717, 1.165) is 24.7 Å². The molecule has 18 heavy (non-hydrogen) atoms. The van der Waals surface area contributed by atoms with Crippen molar-refractivity contribution in [1.82, 2.24) is 4.90 Å². The summed E-state index contributed by atoms with van der Waals surface area (Å²) in [7, 11) is 0. The molecule has 5 atom stereocenters. The number of likely N-dealkylation sites (tertiary alicyclic amines) is 1. The highest BCUT2D eigenvalue weighted by molar-refractivity contribution is 8.14. The topological polar surface area (TPSA) is 65.3 Å². The van der Waals surface area contributed by atoms with Gasteiger partial charge in [0, 0.05) is 19.7 Å². The summed E-state index contributed by atoms with van der Waals surface area (Å²) in [6, 6.07) is -0.615. The van der Waals surface area contributed by atoms with Gasteiger partial charge in [0.15, 0.2) is 11.3 Å². The standard InChI is InChI=1S/C11H17FN2O3S/c12-7-8-10(17-6(2-5-15)9(7)16)18-11(13-8)14-3-1-4-14/h6-10,15-16H,1-5H2/t6-,7+,8-,9-,10-/m1/s1. The minimum atomic E-state index is -1.41. The Balaban J connectivity index is 1.71. The summed E-state index contributed by atoms with van der Waals surface area (Å²) in [5, 5.41) is 19.5. The van der Waals surface area contributed by atoms with E-state index >= 15 is 0 Å². The van der Waals surface area contributed by atoms with Crippen molar-refractivity contribution in [3.05, 3.63) is 0 Å². The first-order chi connectivity index (χ1) is 8.70. The van der Waals surface area contributed by atoms with Crippen LogP contribution < -0.4 is 0 Å². The van der Waals surface area contributed by atoms with Crippen molar-refractivity contribution in [3.63, 3.8) is 0 Å². The van der Waals surface area contributed by atoms with Gasteiger partial charge in [-0.2, -0.15) is 0 Å². The highest BCUT2D eigenvalue weighted by Crippen LogP contribution is 2.39. The number of alkyl halides is 1. The van der Waals surface area contributed by atoms with Crippen molar-refractivity contribution in [2.45, 2.75) is 42.7 Å². The van der Waals surface area contributed by atoms with Gasteiger partial charge >= 0.3 is 0 Å². The summed E-state index contributed by atoms with van der Waals surface area (Å²) in [5.41, 5.74) is -0.365. The highest BCUT2D eigenvalue weighted by Gasteiger charge is 2.49. The van der Waals surface area contributed by atoms with Crippen molar-refractivity contribution in [3.8, 4) is 0 Å². The number of ether oxygens (including phenoxy) is 1. The number of hydrogen-bond donors (Lipinski definition) is 2. The number of aliphatic hydroxyl groups is 2. The predicted octanol–water partition coefficient (Wildman–Crippen LogP) is -0.0302. The molecule has 3 aliphatic rings. The monoisotopic (exact) mass is 276 g/mol. The molecular formula is C11H17FN2O3S. The fourth-order valence-corrected chi connectivity index (χ4v) is 3.68. The molecule has 0 aliphatic carbocycles. The van der Waals surface area contributed by atoms with E-state index in [-0.39, 0.29) is 18.5 Å². The van der Waals surface area contributed by atoms with Crippen LogP contribution in [0.3, 0.4) is 0 Å². The van der Waals surface area contributed by atoms with Crippen molar-refractivity contribution in [2.75, 3.05) is 19.7 Å². The molecule has 102 valence electrons. The van der Waals surface area contributed by atoms with Crippen molar-refractivity contribution in [2.24, 2.45) is 4.99 Å². The van der Waals surface area contributed by atoms with E-state index in [1.807, 2.05) is 0 Å². The average Bonchev–Trinajstić information content (AvgIpc) is 2.67. The molecule has 0 unspecified atom stereocenters. The summed E-state index contributed by atoms with van der Waals surface area (Å²) in [6.07, 6.45) is -1.84. The Labute approximate surface area is 109 Å². The maximum Gasteiger partial charge on any atom is 0.162 e. The summed E-state index contributed by atoms with van der Waals surface area (Å²) in [5.74, 6) is 0. The van der Waals surface area contributed by atoms with Crippen LogP contribution >= 0.6 is 11.8 Å². The van der Waals surface area contributed by atoms with Crippen LogP contribution in [0.1, 0.15) is 12.8 Å². The quantitative estimate of drug-likeness (QED) is 0.741. The molecule has 2 saturated heterocycles. The number of hydrogen-bond acceptors (Lipinski definition) is 6. The van der Waals surface area contributed by atoms with Crippen LogP contribution in [-0.2, 0) is 4.74 Å². The minimum Gasteiger partial charge on any atom is -0.396 e. The van der Waals surface area contributed by atoms with Crippen molar-refractivity contribution < 1.29 is 19.3 Å². The van der Waals surface area contributed by atoms with Crippen LogP contribution in [0.5, 0.6) is 0 Å². The van der Waals surface area contributed by atoms with Gasteiger partial charge < -0.3 is 19.8 Å². The number of aliphatic imine (C=N–C) groups is 1. The number of aliphatic hydroxyl groups excluding tert-OH is 2. The highest BCUT2D eigenvalue weighted by atomic mass is 32.2. The molecule has 3 heterocycles. The predicted molar refractivity (Wildman–Crippen MR) is 66.3 cm³/mol. The molecular weight excluding hydrogens is 259 g/mol. The molecule has 0 aromatic carbocycles. The molecule has 7 heteroatoms. The lowest BCUT2D eigenvalue weighted by Crippen LogP contribution is -2.52. The van der Waals surface area contributed by atoms with Gasteiger partial charge in [0.1, 0.15) is 17.6 Å².